The maximum absolute atomic E-state index is 3.41. The van der Waals surface area contributed by atoms with E-state index in [1.807, 2.05) is 0 Å². The van der Waals surface area contributed by atoms with Crippen molar-refractivity contribution in [2.45, 2.75) is 12.5 Å². The van der Waals surface area contributed by atoms with Crippen LogP contribution in [-0.2, 0) is 0 Å². The van der Waals surface area contributed by atoms with E-state index in [2.05, 4.69) is 18.1 Å². The second kappa shape index (κ2) is 1.99. The van der Waals surface area contributed by atoms with Crippen molar-refractivity contribution < 1.29 is 0 Å². The van der Waals surface area contributed by atoms with Gasteiger partial charge in [-0.15, -0.1) is 0 Å². The van der Waals surface area contributed by atoms with Crippen LogP contribution in [0.5, 0.6) is 0 Å². The molecule has 2 nitrogen and oxygen atoms in total. The van der Waals surface area contributed by atoms with Crippen LogP contribution in [0.4, 0.5) is 0 Å². The Bertz CT molecular complexity index is 118. The molecule has 0 unspecified atom stereocenters. The summed E-state index contributed by atoms with van der Waals surface area (Å²) in [7, 11) is 2.23. The molecule has 0 saturated carbocycles. The SMILES string of the molecule is BN1CC[C@@H]2CNC[C@@H]21. The molecule has 0 aromatic carbocycles. The molecule has 0 radical (unpaired) electrons. The lowest BCUT2D eigenvalue weighted by Gasteiger charge is -2.16. The maximum Gasteiger partial charge on any atom is 0.185 e. The Hall–Kier alpha value is -0.0151. The molecule has 2 heterocycles. The van der Waals surface area contributed by atoms with E-state index in [1.54, 1.807) is 0 Å². The zero-order valence-electron chi connectivity index (χ0n) is 5.93. The van der Waals surface area contributed by atoms with Gasteiger partial charge >= 0.3 is 0 Å². The summed E-state index contributed by atoms with van der Waals surface area (Å²) in [5.41, 5.74) is 0. The highest BCUT2D eigenvalue weighted by Gasteiger charge is 2.34. The monoisotopic (exact) mass is 124 g/mol. The Morgan fingerprint density at radius 3 is 3.11 bits per heavy atom. The minimum atomic E-state index is 0.866. The second-order valence-corrected chi connectivity index (χ2v) is 3.25. The predicted octanol–water partition coefficient (Wildman–Crippen LogP) is -1.17. The van der Waals surface area contributed by atoms with Gasteiger partial charge in [0, 0.05) is 12.6 Å². The molecule has 2 aliphatic heterocycles. The molecule has 0 spiro atoms. The molecule has 2 rings (SSSR count). The van der Waals surface area contributed by atoms with E-state index in [0.29, 0.717) is 0 Å². The Kier molecular flexibility index (Phi) is 1.27. The van der Waals surface area contributed by atoms with Crippen molar-refractivity contribution in [3.63, 3.8) is 0 Å². The maximum atomic E-state index is 3.41. The van der Waals surface area contributed by atoms with Crippen LogP contribution in [0, 0.1) is 5.92 Å². The Morgan fingerprint density at radius 2 is 2.33 bits per heavy atom. The van der Waals surface area contributed by atoms with Crippen LogP contribution in [0.1, 0.15) is 6.42 Å². The Morgan fingerprint density at radius 1 is 1.44 bits per heavy atom. The van der Waals surface area contributed by atoms with Crippen molar-refractivity contribution in [3.05, 3.63) is 0 Å². The number of hydrogen-bond donors (Lipinski definition) is 1. The summed E-state index contributed by atoms with van der Waals surface area (Å²) in [6.07, 6.45) is 1.41. The van der Waals surface area contributed by atoms with Crippen molar-refractivity contribution >= 4 is 7.98 Å². The zero-order valence-corrected chi connectivity index (χ0v) is 5.93. The molecule has 0 aromatic heterocycles. The van der Waals surface area contributed by atoms with Crippen LogP contribution in [0.2, 0.25) is 0 Å². The highest BCUT2D eigenvalue weighted by atomic mass is 15.2. The summed E-state index contributed by atoms with van der Waals surface area (Å²) >= 11 is 0. The van der Waals surface area contributed by atoms with Gasteiger partial charge in [0.25, 0.3) is 0 Å². The van der Waals surface area contributed by atoms with Gasteiger partial charge in [0.1, 0.15) is 0 Å². The molecule has 50 valence electrons. The minimum Gasteiger partial charge on any atom is -0.345 e. The minimum absolute atomic E-state index is 0.866. The summed E-state index contributed by atoms with van der Waals surface area (Å²) in [5, 5.41) is 3.41. The van der Waals surface area contributed by atoms with E-state index >= 15 is 0 Å². The van der Waals surface area contributed by atoms with Crippen LogP contribution >= 0.6 is 0 Å². The first-order valence-electron chi connectivity index (χ1n) is 3.79. The van der Waals surface area contributed by atoms with Gasteiger partial charge in [0.15, 0.2) is 7.98 Å². The third-order valence-corrected chi connectivity index (χ3v) is 2.72. The fourth-order valence-corrected chi connectivity index (χ4v) is 2.06. The summed E-state index contributed by atoms with van der Waals surface area (Å²) in [6, 6.07) is 0.866. The number of rotatable bonds is 0. The van der Waals surface area contributed by atoms with Crippen LogP contribution in [-0.4, -0.2) is 38.5 Å². The summed E-state index contributed by atoms with van der Waals surface area (Å²) in [4.78, 5) is 2.48. The molecular formula is C6H13BN2. The van der Waals surface area contributed by atoms with Gasteiger partial charge < -0.3 is 10.1 Å². The Labute approximate surface area is 57.0 Å². The van der Waals surface area contributed by atoms with Crippen molar-refractivity contribution in [1.29, 1.82) is 0 Å². The van der Waals surface area contributed by atoms with Crippen molar-refractivity contribution in [2.75, 3.05) is 19.6 Å². The van der Waals surface area contributed by atoms with Crippen molar-refractivity contribution in [1.82, 2.24) is 10.1 Å². The quantitative estimate of drug-likeness (QED) is 0.409. The molecule has 1 N–H and O–H groups in total. The molecule has 2 saturated heterocycles. The first-order valence-corrected chi connectivity index (χ1v) is 3.79. The third-order valence-electron chi connectivity index (χ3n) is 2.72. The molecule has 3 heteroatoms. The number of nitrogens with one attached hydrogen (secondary N) is 1. The number of nitrogens with zero attached hydrogens (tertiary/aromatic N) is 1. The topological polar surface area (TPSA) is 15.3 Å². The Balaban J connectivity index is 2.07. The second-order valence-electron chi connectivity index (χ2n) is 3.25. The van der Waals surface area contributed by atoms with Gasteiger partial charge in [-0.3, -0.25) is 0 Å². The van der Waals surface area contributed by atoms with Crippen LogP contribution in [0.15, 0.2) is 0 Å². The number of fused-ring (bicyclic) bond motifs is 1. The average molecular weight is 124 g/mol. The fourth-order valence-electron chi connectivity index (χ4n) is 2.06. The molecule has 0 aromatic rings. The first-order chi connectivity index (χ1) is 4.38. The van der Waals surface area contributed by atoms with E-state index in [-0.39, 0.29) is 0 Å². The molecule has 2 atom stereocenters. The van der Waals surface area contributed by atoms with Gasteiger partial charge in [-0.2, -0.15) is 0 Å². The van der Waals surface area contributed by atoms with Crippen molar-refractivity contribution in [2.24, 2.45) is 5.92 Å². The standard InChI is InChI=1S/C6H13BN2/c7-9-2-1-5-3-8-4-6(5)9/h5-6,8H,1-4,7H2/t5-,6+/m1/s1. The van der Waals surface area contributed by atoms with Crippen LogP contribution < -0.4 is 5.32 Å². The fraction of sp³-hybridized carbons (Fsp3) is 1.00. The smallest absolute Gasteiger partial charge is 0.185 e. The first kappa shape index (κ1) is 5.75. The van der Waals surface area contributed by atoms with Crippen LogP contribution in [0.3, 0.4) is 0 Å². The average Bonchev–Trinajstić information content (AvgIpc) is 2.35. The van der Waals surface area contributed by atoms with Gasteiger partial charge in [0.05, 0.1) is 0 Å². The van der Waals surface area contributed by atoms with Crippen molar-refractivity contribution in [3.8, 4) is 0 Å². The molecule has 2 fully saturated rings. The summed E-state index contributed by atoms with van der Waals surface area (Å²) < 4.78 is 0. The van der Waals surface area contributed by atoms with Gasteiger partial charge in [-0.05, 0) is 25.4 Å². The summed E-state index contributed by atoms with van der Waals surface area (Å²) in [6.45, 7) is 3.80. The lowest BCUT2D eigenvalue weighted by molar-refractivity contribution is 0.413. The largest absolute Gasteiger partial charge is 0.345 e. The summed E-state index contributed by atoms with van der Waals surface area (Å²) in [5.74, 6) is 0.968. The van der Waals surface area contributed by atoms with Gasteiger partial charge in [-0.1, -0.05) is 0 Å². The molecule has 2 aliphatic rings. The molecular weight excluding hydrogens is 111 g/mol. The van der Waals surface area contributed by atoms with E-state index in [4.69, 9.17) is 0 Å². The molecule has 0 aliphatic carbocycles. The van der Waals surface area contributed by atoms with Crippen LogP contribution in [0.25, 0.3) is 0 Å². The van der Waals surface area contributed by atoms with E-state index < -0.39 is 0 Å². The van der Waals surface area contributed by atoms with E-state index in [9.17, 15) is 0 Å². The van der Waals surface area contributed by atoms with E-state index in [0.717, 1.165) is 12.0 Å². The zero-order chi connectivity index (χ0) is 6.27. The van der Waals surface area contributed by atoms with Gasteiger partial charge in [-0.25, -0.2) is 0 Å². The lowest BCUT2D eigenvalue weighted by atomic mass is 10.0. The molecule has 0 bridgehead atoms. The normalized spacial score (nSPS) is 43.6. The number of hydrogen-bond acceptors (Lipinski definition) is 2. The predicted molar refractivity (Wildman–Crippen MR) is 40.0 cm³/mol. The van der Waals surface area contributed by atoms with E-state index in [1.165, 1.54) is 26.1 Å². The highest BCUT2D eigenvalue weighted by Crippen LogP contribution is 2.24. The van der Waals surface area contributed by atoms with Gasteiger partial charge in [0.2, 0.25) is 0 Å². The molecule has 9 heavy (non-hydrogen) atoms. The third kappa shape index (κ3) is 0.794. The highest BCUT2D eigenvalue weighted by molar-refractivity contribution is 6.04. The molecule has 0 amide bonds. The lowest BCUT2D eigenvalue weighted by Crippen LogP contribution is -2.31.